The van der Waals surface area contributed by atoms with E-state index in [4.69, 9.17) is 9.47 Å². The van der Waals surface area contributed by atoms with Crippen LogP contribution < -0.4 is 19.9 Å². The highest BCUT2D eigenvalue weighted by atomic mass is 32.1. The van der Waals surface area contributed by atoms with E-state index in [9.17, 15) is 9.59 Å². The van der Waals surface area contributed by atoms with E-state index in [1.54, 1.807) is 12.2 Å². The van der Waals surface area contributed by atoms with E-state index >= 15 is 5.11 Å². The fraction of sp³-hybridized carbons (Fsp3) is 0.474. The summed E-state index contributed by atoms with van der Waals surface area (Å²) in [4.78, 5) is 39.7. The average molecular weight is 1610 g/mol. The lowest BCUT2D eigenvalue weighted by Crippen LogP contribution is -2.20. The van der Waals surface area contributed by atoms with Crippen LogP contribution in [0.1, 0.15) is 261 Å². The number of Topliss-reactive ketones (excluding diaryl/α,β-unsaturated/α-hetero) is 2. The van der Waals surface area contributed by atoms with Gasteiger partial charge in [-0.2, -0.15) is 4.58 Å². The quantitative estimate of drug-likeness (QED) is 0.0177. The second-order valence-corrected chi connectivity index (χ2v) is 38.5. The number of ether oxygens (including phenoxy) is 2. The van der Waals surface area contributed by atoms with Gasteiger partial charge in [0.05, 0.1) is 84.5 Å². The minimum absolute atomic E-state index is 0.0127. The van der Waals surface area contributed by atoms with Crippen molar-refractivity contribution in [2.45, 2.75) is 267 Å². The first kappa shape index (κ1) is 80.1. The molecule has 3 aliphatic carbocycles. The molecule has 0 amide bonds. The number of aryl methyl sites for hydroxylation is 4. The molecule has 112 heavy (non-hydrogen) atoms. The van der Waals surface area contributed by atoms with Crippen LogP contribution in [0.2, 0.25) is 0 Å². The molecule has 10 heterocycles. The molecule has 0 spiro atoms. The number of unbranched alkanes of at least 4 members (excludes halogenated alkanes) is 23. The van der Waals surface area contributed by atoms with Crippen molar-refractivity contribution in [3.8, 4) is 41.4 Å². The number of rotatable bonds is 45. The maximum atomic E-state index is 15.3. The molecule has 1 fully saturated rings. The molecule has 15 rings (SSSR count). The smallest absolute Gasteiger partial charge is 0.233 e. The van der Waals surface area contributed by atoms with E-state index in [0.717, 1.165) is 132 Å². The molecule has 9 nitrogen and oxygen atoms in total. The van der Waals surface area contributed by atoms with Crippen LogP contribution in [0.15, 0.2) is 143 Å². The summed E-state index contributed by atoms with van der Waals surface area (Å²) in [5.74, 6) is -0.214. The highest BCUT2D eigenvalue weighted by Crippen LogP contribution is 2.56. The fourth-order valence-corrected chi connectivity index (χ4v) is 25.3. The topological polar surface area (TPSA) is 101 Å². The SMILES string of the molecule is CCCCCCCC[N+]1=C(/C=C2\C(=O)C(=O)C(/C=C3/NC4=CC=C(c5cc(OCCCCCC)c(-c6cc7c(s6)c6sc(CCCCCC)cc6n7CCCCCC)s5)C5C=CC=C3C45)=C2[O-])c2cccc3c(-c4cc(OCCCCCC)c(-c5cc6c(s5)c5sc(CCCCCC)cc5n6CCCCCC)s4)ccc1c23. The van der Waals surface area contributed by atoms with E-state index in [2.05, 4.69) is 165 Å². The predicted octanol–water partition coefficient (Wildman–Crippen LogP) is 28.4. The van der Waals surface area contributed by atoms with Gasteiger partial charge < -0.3 is 29.0 Å². The third kappa shape index (κ3) is 16.7. The van der Waals surface area contributed by atoms with Crippen molar-refractivity contribution in [3.05, 3.63) is 163 Å². The first-order valence-corrected chi connectivity index (χ1v) is 48.3. The molecule has 0 radical (unpaired) electrons. The third-order valence-electron chi connectivity index (χ3n) is 23.8. The van der Waals surface area contributed by atoms with Crippen LogP contribution in [0.25, 0.3) is 87.2 Å². The zero-order valence-corrected chi connectivity index (χ0v) is 72.4. The lowest BCUT2D eigenvalue weighted by molar-refractivity contribution is -0.436. The molecule has 15 heteroatoms. The van der Waals surface area contributed by atoms with Crippen LogP contribution >= 0.6 is 68.0 Å². The molecule has 1 N–H and O–H groups in total. The number of carbonyl (C=O) groups is 2. The van der Waals surface area contributed by atoms with Crippen molar-refractivity contribution in [2.24, 2.45) is 11.8 Å². The first-order valence-electron chi connectivity index (χ1n) is 43.4. The highest BCUT2D eigenvalue weighted by molar-refractivity contribution is 7.32. The molecule has 2 unspecified atom stereocenters. The Labute approximate surface area is 689 Å². The predicted molar refractivity (Wildman–Crippen MR) is 482 cm³/mol. The Morgan fingerprint density at radius 2 is 1.00 bits per heavy atom. The molecule has 5 aliphatic rings. The molecule has 2 aliphatic heterocycles. The van der Waals surface area contributed by atoms with Crippen molar-refractivity contribution >= 4 is 148 Å². The van der Waals surface area contributed by atoms with Gasteiger partial charge in [-0.1, -0.05) is 232 Å². The van der Waals surface area contributed by atoms with Crippen LogP contribution in [0.3, 0.4) is 0 Å². The van der Waals surface area contributed by atoms with E-state index in [1.165, 1.54) is 228 Å². The molecule has 2 aromatic carbocycles. The number of hydrogen-bond donors (Lipinski definition) is 1. The van der Waals surface area contributed by atoms with Gasteiger partial charge in [0.1, 0.15) is 18.0 Å². The maximum Gasteiger partial charge on any atom is 0.233 e. The molecule has 1 saturated heterocycles. The standard InChI is InChI=1S/C97H116N4O5S6/c1-8-15-22-29-30-35-50-99-75-49-47-66(84-62-82(106-54-37-28-21-14-7)97(110-84)86-60-80-95(112-86)93-78(101(80)52-34-26-19-12-5)56-64(108-93)41-32-24-17-10-3)68-43-39-45-70(88(68)75)76(99)58-72-89(102)71(90(103)91(72)104)57-74-69-44-38-42-67-65(46-48-73(98-74)87(67)69)83-61-81(105-53-36-27-20-13-6)96(109-83)85-59-79-94(111-85)92-77(100(79)51-33-25-18-11-4)55-63(107-92)40-31-23-16-9-2/h38-39,42-49,55-62,67,87H,8-37,40-41,50-54H2,1-7H3,(H,102,104). The van der Waals surface area contributed by atoms with E-state index in [1.807, 2.05) is 68.0 Å². The van der Waals surface area contributed by atoms with Gasteiger partial charge >= 0.3 is 0 Å². The minimum atomic E-state index is -0.757. The van der Waals surface area contributed by atoms with Gasteiger partial charge in [-0.05, 0) is 135 Å². The number of aromatic nitrogens is 2. The molecule has 590 valence electrons. The second-order valence-electron chi connectivity index (χ2n) is 32.0. The summed E-state index contributed by atoms with van der Waals surface area (Å²) in [5, 5.41) is 21.2. The summed E-state index contributed by atoms with van der Waals surface area (Å²) in [6.07, 6.45) is 52.5. The molecule has 0 saturated carbocycles. The van der Waals surface area contributed by atoms with Gasteiger partial charge in [0, 0.05) is 91.1 Å². The van der Waals surface area contributed by atoms with Gasteiger partial charge in [0.15, 0.2) is 0 Å². The van der Waals surface area contributed by atoms with Crippen molar-refractivity contribution in [3.63, 3.8) is 0 Å². The molecular weight excluding hydrogens is 1490 g/mol. The minimum Gasteiger partial charge on any atom is -0.871 e. The van der Waals surface area contributed by atoms with E-state index in [0.29, 0.717) is 25.5 Å². The van der Waals surface area contributed by atoms with Gasteiger partial charge in [-0.3, -0.25) is 9.59 Å². The third-order valence-corrected chi connectivity index (χ3v) is 31.5. The molecular formula is C97H116N4O5S6. The van der Waals surface area contributed by atoms with E-state index < -0.39 is 17.3 Å². The highest BCUT2D eigenvalue weighted by Gasteiger charge is 2.43. The van der Waals surface area contributed by atoms with Crippen molar-refractivity contribution in [1.82, 2.24) is 14.5 Å². The van der Waals surface area contributed by atoms with Crippen LogP contribution in [-0.2, 0) is 35.5 Å². The van der Waals surface area contributed by atoms with E-state index in [-0.39, 0.29) is 23.0 Å². The summed E-state index contributed by atoms with van der Waals surface area (Å²) in [6.45, 7) is 20.1. The number of nitrogens with one attached hydrogen (secondary N) is 1. The Morgan fingerprint density at radius 3 is 1.59 bits per heavy atom. The summed E-state index contributed by atoms with van der Waals surface area (Å²) < 4.78 is 27.1. The first-order chi connectivity index (χ1) is 55.1. The Bertz CT molecular complexity index is 5330. The van der Waals surface area contributed by atoms with Gasteiger partial charge in [-0.15, -0.1) is 68.0 Å². The van der Waals surface area contributed by atoms with Gasteiger partial charge in [-0.25, -0.2) is 0 Å². The number of nitrogens with zero attached hydrogens (tertiary/aromatic N) is 3. The number of benzene rings is 2. The molecule has 10 aromatic rings. The number of ketones is 2. The van der Waals surface area contributed by atoms with Crippen molar-refractivity contribution in [2.75, 3.05) is 19.8 Å². The summed E-state index contributed by atoms with van der Waals surface area (Å²) in [5.41, 5.74) is 13.2. The number of allylic oxidation sites excluding steroid dienone is 12. The van der Waals surface area contributed by atoms with Crippen LogP contribution in [0.4, 0.5) is 5.69 Å². The average Bonchev–Trinajstić information content (AvgIpc) is 1.58. The Kier molecular flexibility index (Phi) is 26.9. The summed E-state index contributed by atoms with van der Waals surface area (Å²) in [7, 11) is 0. The largest absolute Gasteiger partial charge is 0.871 e. The molecule has 0 bridgehead atoms. The van der Waals surface area contributed by atoms with Crippen molar-refractivity contribution in [1.29, 1.82) is 0 Å². The van der Waals surface area contributed by atoms with Gasteiger partial charge in [0.2, 0.25) is 23.0 Å². The summed E-state index contributed by atoms with van der Waals surface area (Å²) in [6, 6.07) is 25.6. The van der Waals surface area contributed by atoms with Gasteiger partial charge in [0.25, 0.3) is 0 Å². The number of fused-ring (bicyclic) bond motifs is 6. The monoisotopic (exact) mass is 1610 g/mol. The fourth-order valence-electron chi connectivity index (χ4n) is 17.7. The zero-order chi connectivity index (χ0) is 77.2. The molecule has 8 aromatic heterocycles. The normalized spacial score (nSPS) is 16.8. The van der Waals surface area contributed by atoms with Crippen LogP contribution in [0, 0.1) is 11.8 Å². The van der Waals surface area contributed by atoms with Crippen molar-refractivity contribution < 1.29 is 28.7 Å². The zero-order valence-electron chi connectivity index (χ0n) is 67.5. The maximum absolute atomic E-state index is 15.3. The lowest BCUT2D eigenvalue weighted by Gasteiger charge is -2.29. The second kappa shape index (κ2) is 37.7. The summed E-state index contributed by atoms with van der Waals surface area (Å²) >= 11 is 11.6. The lowest BCUT2D eigenvalue weighted by atomic mass is 9.74. The van der Waals surface area contributed by atoms with Crippen LogP contribution in [0.5, 0.6) is 11.5 Å². The molecule has 2 atom stereocenters. The van der Waals surface area contributed by atoms with Crippen LogP contribution in [-0.4, -0.2) is 50.7 Å². The Hall–Kier alpha value is -7.11. The number of thiophene rings is 6. The number of carbonyl (C=O) groups excluding carboxylic acids is 2. The Balaban J connectivity index is 0.738. The Morgan fingerprint density at radius 1 is 0.482 bits per heavy atom. The number of hydrogen-bond acceptors (Lipinski definition) is 12.